The lowest BCUT2D eigenvalue weighted by Crippen LogP contribution is -2.13. The summed E-state index contributed by atoms with van der Waals surface area (Å²) in [6.45, 7) is 12.6. The van der Waals surface area contributed by atoms with E-state index in [0.29, 0.717) is 17.8 Å². The van der Waals surface area contributed by atoms with Gasteiger partial charge < -0.3 is 9.88 Å². The molecule has 1 aliphatic rings. The van der Waals surface area contributed by atoms with Gasteiger partial charge in [0.15, 0.2) is 0 Å². The number of unbranched alkanes of at least 4 members (excludes halogenated alkanes) is 5. The Labute approximate surface area is 306 Å². The topological polar surface area (TPSA) is 42.7 Å². The lowest BCUT2D eigenvalue weighted by atomic mass is 9.95. The Hall–Kier alpha value is -4.00. The Kier molecular flexibility index (Phi) is 18.8. The second-order valence-electron chi connectivity index (χ2n) is 12.7. The number of benzene rings is 2. The monoisotopic (exact) mass is 730 g/mol. The van der Waals surface area contributed by atoms with E-state index in [1.807, 2.05) is 32.2 Å². The molecule has 2 heterocycles. The van der Waals surface area contributed by atoms with E-state index in [2.05, 4.69) is 65.6 Å². The summed E-state index contributed by atoms with van der Waals surface area (Å²) in [5, 5.41) is 3.35. The third kappa shape index (κ3) is 13.5. The van der Waals surface area contributed by atoms with E-state index in [1.54, 1.807) is 6.20 Å². The zero-order valence-electron chi connectivity index (χ0n) is 31.7. The van der Waals surface area contributed by atoms with Crippen LogP contribution in [0.1, 0.15) is 141 Å². The number of nitrogens with one attached hydrogen (secondary N) is 1. The molecule has 10 heteroatoms. The number of alkyl halides is 6. The molecule has 1 saturated carbocycles. The van der Waals surface area contributed by atoms with Gasteiger partial charge in [-0.1, -0.05) is 117 Å². The van der Waals surface area contributed by atoms with Gasteiger partial charge in [-0.15, -0.1) is 12.3 Å². The quantitative estimate of drug-likeness (QED) is 0.100. The average Bonchev–Trinajstić information content (AvgIpc) is 3.53. The molecule has 0 unspecified atom stereocenters. The summed E-state index contributed by atoms with van der Waals surface area (Å²) in [4.78, 5) is 8.85. The highest BCUT2D eigenvalue weighted by Gasteiger charge is 2.37. The van der Waals surface area contributed by atoms with Gasteiger partial charge in [-0.3, -0.25) is 0 Å². The zero-order valence-corrected chi connectivity index (χ0v) is 31.7. The molecule has 4 nitrogen and oxygen atoms in total. The van der Waals surface area contributed by atoms with Crippen molar-refractivity contribution in [1.82, 2.24) is 14.5 Å². The van der Waals surface area contributed by atoms with Gasteiger partial charge in [0.25, 0.3) is 0 Å². The van der Waals surface area contributed by atoms with Crippen LogP contribution >= 0.6 is 0 Å². The smallest absolute Gasteiger partial charge is 0.329 e. The predicted molar refractivity (Wildman–Crippen MR) is 204 cm³/mol. The molecule has 5 rings (SSSR count). The van der Waals surface area contributed by atoms with Gasteiger partial charge in [-0.05, 0) is 55.0 Å². The first-order valence-corrected chi connectivity index (χ1v) is 18.8. The summed E-state index contributed by atoms with van der Waals surface area (Å²) < 4.78 is 82.0. The fourth-order valence-electron chi connectivity index (χ4n) is 5.69. The van der Waals surface area contributed by atoms with Crippen LogP contribution in [-0.4, -0.2) is 14.5 Å². The van der Waals surface area contributed by atoms with Crippen molar-refractivity contribution in [2.45, 2.75) is 143 Å². The number of hydrogen-bond acceptors (Lipinski definition) is 3. The molecule has 2 aromatic heterocycles. The molecule has 0 aliphatic heterocycles. The third-order valence-corrected chi connectivity index (χ3v) is 8.73. The Morgan fingerprint density at radius 1 is 0.808 bits per heavy atom. The summed E-state index contributed by atoms with van der Waals surface area (Å²) >= 11 is 0. The molecular formula is C42H56F6N4. The number of rotatable bonds is 10. The standard InChI is InChI=1S/C28H26F6N4.C8H14.C4H10.C2H6/c1-2-17-8-10-18(11-9-17)24-16-38(22-6-4-3-5-7-22)25-23(24)15-35-26(37-25)36-21-13-19(27(29,30)31)12-20(14-21)28(32,33)34;1-3-5-7-8-6-4-2;1-3-4-2;1-2/h8-16,22H,2-7H2,1H3,(H,35,36,37);1H,4-8H2,2H3;3-4H2,1-2H3;1-2H3. The highest BCUT2D eigenvalue weighted by atomic mass is 19.4. The lowest BCUT2D eigenvalue weighted by Gasteiger charge is -2.23. The normalized spacial score (nSPS) is 13.1. The van der Waals surface area contributed by atoms with Gasteiger partial charge in [0.05, 0.1) is 11.1 Å². The summed E-state index contributed by atoms with van der Waals surface area (Å²) in [6.07, 6.45) is 13.7. The summed E-state index contributed by atoms with van der Waals surface area (Å²) in [6, 6.07) is 9.73. The predicted octanol–water partition coefficient (Wildman–Crippen LogP) is 14.4. The summed E-state index contributed by atoms with van der Waals surface area (Å²) in [5.41, 5.74) is 0.506. The molecule has 286 valence electrons. The van der Waals surface area contributed by atoms with Crippen molar-refractivity contribution in [2.75, 3.05) is 5.32 Å². The van der Waals surface area contributed by atoms with Crippen LogP contribution in [0.4, 0.5) is 38.0 Å². The van der Waals surface area contributed by atoms with Crippen LogP contribution in [0.2, 0.25) is 0 Å². The largest absolute Gasteiger partial charge is 0.416 e. The number of fused-ring (bicyclic) bond motifs is 1. The maximum atomic E-state index is 13.3. The molecule has 0 amide bonds. The third-order valence-electron chi connectivity index (χ3n) is 8.73. The second kappa shape index (κ2) is 22.2. The van der Waals surface area contributed by atoms with E-state index in [9.17, 15) is 26.3 Å². The van der Waals surface area contributed by atoms with Crippen LogP contribution in [-0.2, 0) is 18.8 Å². The van der Waals surface area contributed by atoms with Crippen LogP contribution in [0, 0.1) is 12.3 Å². The maximum absolute atomic E-state index is 13.3. The number of anilines is 2. The zero-order chi connectivity index (χ0) is 38.7. The Bertz CT molecular complexity index is 1610. The van der Waals surface area contributed by atoms with Crippen LogP contribution < -0.4 is 5.32 Å². The van der Waals surface area contributed by atoms with Crippen molar-refractivity contribution in [3.8, 4) is 23.5 Å². The molecule has 2 aromatic carbocycles. The summed E-state index contributed by atoms with van der Waals surface area (Å²) in [7, 11) is 0. The van der Waals surface area contributed by atoms with Gasteiger partial charge in [0.2, 0.25) is 5.95 Å². The molecule has 0 atom stereocenters. The molecule has 1 aliphatic carbocycles. The van der Waals surface area contributed by atoms with Gasteiger partial charge in [-0.2, -0.15) is 31.3 Å². The van der Waals surface area contributed by atoms with Crippen molar-refractivity contribution < 1.29 is 26.3 Å². The molecular weight excluding hydrogens is 674 g/mol. The summed E-state index contributed by atoms with van der Waals surface area (Å²) in [5.74, 6) is 2.55. The Morgan fingerprint density at radius 2 is 1.40 bits per heavy atom. The number of nitrogens with zero attached hydrogens (tertiary/aromatic N) is 3. The van der Waals surface area contributed by atoms with Gasteiger partial charge in [-0.25, -0.2) is 4.98 Å². The van der Waals surface area contributed by atoms with E-state index in [-0.39, 0.29) is 18.1 Å². The molecule has 1 fully saturated rings. The fraction of sp³-hybridized carbons (Fsp3) is 0.524. The van der Waals surface area contributed by atoms with Crippen LogP contribution in [0.15, 0.2) is 54.9 Å². The highest BCUT2D eigenvalue weighted by Crippen LogP contribution is 2.39. The number of aromatic nitrogens is 3. The average molecular weight is 731 g/mol. The van der Waals surface area contributed by atoms with Crippen molar-refractivity contribution in [3.63, 3.8) is 0 Å². The molecule has 52 heavy (non-hydrogen) atoms. The number of terminal acetylenes is 1. The van der Waals surface area contributed by atoms with E-state index in [0.717, 1.165) is 61.5 Å². The van der Waals surface area contributed by atoms with E-state index >= 15 is 0 Å². The van der Waals surface area contributed by atoms with Crippen molar-refractivity contribution in [1.29, 1.82) is 0 Å². The molecule has 1 N–H and O–H groups in total. The highest BCUT2D eigenvalue weighted by molar-refractivity contribution is 5.94. The lowest BCUT2D eigenvalue weighted by molar-refractivity contribution is -0.143. The Morgan fingerprint density at radius 3 is 1.90 bits per heavy atom. The number of halogens is 6. The minimum atomic E-state index is -4.94. The molecule has 0 saturated heterocycles. The molecule has 0 radical (unpaired) electrons. The van der Waals surface area contributed by atoms with E-state index < -0.39 is 29.2 Å². The SMILES string of the molecule is C#CCCCCCC.CC.CCCC.CCc1ccc(-c2cn(C3CCCCC3)c3nc(Nc4cc(C(F)(F)F)cc(C(F)(F)F)c4)ncc23)cc1. The van der Waals surface area contributed by atoms with Crippen LogP contribution in [0.3, 0.4) is 0 Å². The fourth-order valence-corrected chi connectivity index (χ4v) is 5.69. The first-order valence-electron chi connectivity index (χ1n) is 18.8. The number of aryl methyl sites for hydroxylation is 1. The van der Waals surface area contributed by atoms with Gasteiger partial charge in [0, 0.05) is 41.5 Å². The van der Waals surface area contributed by atoms with Gasteiger partial charge >= 0.3 is 12.4 Å². The maximum Gasteiger partial charge on any atom is 0.416 e. The number of hydrogen-bond donors (Lipinski definition) is 1. The Balaban J connectivity index is 0.000000573. The minimum absolute atomic E-state index is 0.0759. The van der Waals surface area contributed by atoms with Crippen molar-refractivity contribution in [2.24, 2.45) is 0 Å². The van der Waals surface area contributed by atoms with Crippen molar-refractivity contribution >= 4 is 22.7 Å². The van der Waals surface area contributed by atoms with Gasteiger partial charge in [0.1, 0.15) is 5.65 Å². The molecule has 0 bridgehead atoms. The first kappa shape index (κ1) is 44.2. The van der Waals surface area contributed by atoms with Crippen LogP contribution in [0.25, 0.3) is 22.2 Å². The molecule has 0 spiro atoms. The van der Waals surface area contributed by atoms with E-state index in [4.69, 9.17) is 6.42 Å². The second-order valence-corrected chi connectivity index (χ2v) is 12.7. The van der Waals surface area contributed by atoms with E-state index in [1.165, 1.54) is 44.1 Å². The first-order chi connectivity index (χ1) is 24.9. The van der Waals surface area contributed by atoms with Crippen molar-refractivity contribution in [3.05, 3.63) is 71.5 Å². The molecule has 4 aromatic rings. The minimum Gasteiger partial charge on any atom is -0.329 e. The van der Waals surface area contributed by atoms with Crippen LogP contribution in [0.5, 0.6) is 0 Å².